The first-order valence-corrected chi connectivity index (χ1v) is 9.70. The molecule has 0 aromatic rings. The number of nitrogens with zero attached hydrogens (tertiary/aromatic N) is 1. The Morgan fingerprint density at radius 3 is 1.92 bits per heavy atom. The van der Waals surface area contributed by atoms with Crippen molar-refractivity contribution in [2.24, 2.45) is 16.6 Å². The largest absolute Gasteiger partial charge is 0.480 e. The van der Waals surface area contributed by atoms with Crippen LogP contribution >= 0.6 is 0 Å². The van der Waals surface area contributed by atoms with Gasteiger partial charge in [-0.1, -0.05) is 13.8 Å². The quantitative estimate of drug-likeness (QED) is 0.606. The highest BCUT2D eigenvalue weighted by Crippen LogP contribution is 2.67. The van der Waals surface area contributed by atoms with Crippen LogP contribution in [0.15, 0.2) is 0 Å². The number of aliphatic carboxylic acids is 1. The van der Waals surface area contributed by atoms with Gasteiger partial charge in [-0.05, 0) is 62.2 Å². The van der Waals surface area contributed by atoms with E-state index in [0.29, 0.717) is 0 Å². The summed E-state index contributed by atoms with van der Waals surface area (Å²) in [5, 5.41) is 22.9. The van der Waals surface area contributed by atoms with Crippen LogP contribution in [-0.2, 0) is 4.79 Å². The van der Waals surface area contributed by atoms with Gasteiger partial charge in [-0.2, -0.15) is 0 Å². The van der Waals surface area contributed by atoms with E-state index in [9.17, 15) is 14.7 Å². The summed E-state index contributed by atoms with van der Waals surface area (Å²) in [5.74, 6) is -0.812. The van der Waals surface area contributed by atoms with Crippen LogP contribution in [0.1, 0.15) is 65.2 Å². The minimum Gasteiger partial charge on any atom is -0.480 e. The Kier molecular flexibility index (Phi) is 4.76. The lowest BCUT2D eigenvalue weighted by molar-refractivity contribution is -0.205. The normalized spacial score (nSPS) is 43.1. The number of nitrogens with two attached hydrogens (primary N) is 1. The number of hydrogen-bond donors (Lipinski definition) is 4. The predicted octanol–water partition coefficient (Wildman–Crippen LogP) is 1.69. The van der Waals surface area contributed by atoms with Gasteiger partial charge >= 0.3 is 12.0 Å². The number of nitrogens with one attached hydrogen (secondary N) is 1. The maximum Gasteiger partial charge on any atom is 0.317 e. The lowest BCUT2D eigenvalue weighted by atomic mass is 9.41. The molecule has 1 heterocycles. The Morgan fingerprint density at radius 2 is 1.54 bits per heavy atom. The first-order valence-electron chi connectivity index (χ1n) is 9.70. The van der Waals surface area contributed by atoms with E-state index in [2.05, 4.69) is 19.2 Å². The number of carboxylic acids is 1. The molecular formula is C19H33N3O4. The van der Waals surface area contributed by atoms with E-state index < -0.39 is 11.6 Å². The lowest BCUT2D eigenvalue weighted by Gasteiger charge is -2.68. The van der Waals surface area contributed by atoms with Crippen molar-refractivity contribution in [3.63, 3.8) is 0 Å². The third kappa shape index (κ3) is 3.98. The monoisotopic (exact) mass is 367 g/mol. The van der Waals surface area contributed by atoms with E-state index >= 15 is 0 Å². The van der Waals surface area contributed by atoms with Gasteiger partial charge in [-0.15, -0.1) is 0 Å². The molecule has 7 heteroatoms. The van der Waals surface area contributed by atoms with Crippen LogP contribution in [0.5, 0.6) is 0 Å². The van der Waals surface area contributed by atoms with Gasteiger partial charge < -0.3 is 26.2 Å². The maximum atomic E-state index is 10.8. The summed E-state index contributed by atoms with van der Waals surface area (Å²) in [7, 11) is 0. The molecule has 2 amide bonds. The third-order valence-corrected chi connectivity index (χ3v) is 6.60. The van der Waals surface area contributed by atoms with Gasteiger partial charge in [0.25, 0.3) is 0 Å². The zero-order chi connectivity index (χ0) is 19.2. The molecule has 1 aliphatic heterocycles. The van der Waals surface area contributed by atoms with Crippen molar-refractivity contribution in [3.05, 3.63) is 0 Å². The predicted molar refractivity (Wildman–Crippen MR) is 97.6 cm³/mol. The minimum absolute atomic E-state index is 0.00222. The molecule has 7 nitrogen and oxygen atoms in total. The van der Waals surface area contributed by atoms with E-state index in [1.165, 1.54) is 6.42 Å². The van der Waals surface area contributed by atoms with Crippen molar-refractivity contribution in [3.8, 4) is 0 Å². The number of rotatable bonds is 3. The van der Waals surface area contributed by atoms with Crippen LogP contribution in [-0.4, -0.2) is 57.9 Å². The summed E-state index contributed by atoms with van der Waals surface area (Å²) in [4.78, 5) is 22.8. The first kappa shape index (κ1) is 19.4. The molecule has 5 rings (SSSR count). The number of carboxylic acid groups (broad SMARTS) is 1. The molecule has 0 aromatic carbocycles. The third-order valence-electron chi connectivity index (χ3n) is 6.60. The molecule has 2 atom stereocenters. The fraction of sp³-hybridized carbons (Fsp3) is 0.895. The van der Waals surface area contributed by atoms with Gasteiger partial charge in [0.1, 0.15) is 0 Å². The molecule has 0 radical (unpaired) electrons. The zero-order valence-corrected chi connectivity index (χ0v) is 16.0. The van der Waals surface area contributed by atoms with E-state index in [1.807, 2.05) is 0 Å². The van der Waals surface area contributed by atoms with Crippen molar-refractivity contribution in [2.75, 3.05) is 19.6 Å². The fourth-order valence-corrected chi connectivity index (χ4v) is 7.02. The Bertz CT molecular complexity index is 534. The number of amides is 2. The second kappa shape index (κ2) is 6.37. The van der Waals surface area contributed by atoms with Gasteiger partial charge in [0, 0.05) is 18.6 Å². The second-order valence-corrected chi connectivity index (χ2v) is 9.97. The van der Waals surface area contributed by atoms with Crippen LogP contribution in [0.25, 0.3) is 0 Å². The molecule has 2 unspecified atom stereocenters. The molecule has 5 fully saturated rings. The maximum absolute atomic E-state index is 10.8. The van der Waals surface area contributed by atoms with E-state index in [0.717, 1.165) is 58.0 Å². The molecule has 26 heavy (non-hydrogen) atoms. The molecule has 1 saturated heterocycles. The number of carbonyl (C=O) groups excluding carboxylic acids is 1. The van der Waals surface area contributed by atoms with Crippen molar-refractivity contribution in [2.45, 2.75) is 76.4 Å². The van der Waals surface area contributed by atoms with Gasteiger partial charge in [0.15, 0.2) is 0 Å². The van der Waals surface area contributed by atoms with Crippen molar-refractivity contribution in [1.29, 1.82) is 0 Å². The topological polar surface area (TPSA) is 116 Å². The second-order valence-electron chi connectivity index (χ2n) is 9.97. The molecular weight excluding hydrogens is 334 g/mol. The first-order chi connectivity index (χ1) is 12.0. The van der Waals surface area contributed by atoms with Crippen molar-refractivity contribution in [1.82, 2.24) is 10.2 Å². The minimum atomic E-state index is -0.812. The van der Waals surface area contributed by atoms with Crippen molar-refractivity contribution >= 4 is 12.0 Å². The summed E-state index contributed by atoms with van der Waals surface area (Å²) < 4.78 is 0. The highest BCUT2D eigenvalue weighted by atomic mass is 16.4. The SMILES string of the molecule is CC12CC3(C)CC(O)(C1)CC(NCC(=O)O)(C2)C3.NC(=O)N1CCCC1. The molecule has 4 aliphatic carbocycles. The van der Waals surface area contributed by atoms with E-state index in [4.69, 9.17) is 10.8 Å². The highest BCUT2D eigenvalue weighted by molar-refractivity contribution is 5.72. The Labute approximate surface area is 155 Å². The Morgan fingerprint density at radius 1 is 1.00 bits per heavy atom. The van der Waals surface area contributed by atoms with Crippen LogP contribution < -0.4 is 11.1 Å². The molecule has 5 N–H and O–H groups in total. The van der Waals surface area contributed by atoms with Crippen LogP contribution in [0.4, 0.5) is 4.79 Å². The van der Waals surface area contributed by atoms with Gasteiger partial charge in [0.2, 0.25) is 0 Å². The van der Waals surface area contributed by atoms with Gasteiger partial charge in [-0.25, -0.2) is 4.79 Å². The molecule has 4 bridgehead atoms. The lowest BCUT2D eigenvalue weighted by Crippen LogP contribution is -2.70. The molecule has 148 valence electrons. The van der Waals surface area contributed by atoms with E-state index in [-0.39, 0.29) is 28.9 Å². The number of urea groups is 1. The standard InChI is InChI=1S/C14H23NO3.C5H10N2O/c1-11-4-12(2)6-13(5-11,15-3-10(16)17)9-14(18,7-11)8-12;6-5(8)7-3-1-2-4-7/h15,18H,3-9H2,1-2H3,(H,16,17);1-4H2,(H2,6,8). The fourth-order valence-electron chi connectivity index (χ4n) is 7.02. The van der Waals surface area contributed by atoms with Crippen LogP contribution in [0.2, 0.25) is 0 Å². The molecule has 0 aromatic heterocycles. The van der Waals surface area contributed by atoms with Crippen LogP contribution in [0, 0.1) is 10.8 Å². The van der Waals surface area contributed by atoms with Gasteiger partial charge in [-0.3, -0.25) is 4.79 Å². The number of aliphatic hydroxyl groups is 1. The van der Waals surface area contributed by atoms with E-state index in [1.54, 1.807) is 4.90 Å². The van der Waals surface area contributed by atoms with Crippen LogP contribution in [0.3, 0.4) is 0 Å². The summed E-state index contributed by atoms with van der Waals surface area (Å²) in [6.07, 6.45) is 7.89. The summed E-state index contributed by atoms with van der Waals surface area (Å²) in [5.41, 5.74) is 4.58. The van der Waals surface area contributed by atoms with Gasteiger partial charge in [0.05, 0.1) is 12.1 Å². The average molecular weight is 367 g/mol. The number of hydrogen-bond acceptors (Lipinski definition) is 4. The molecule has 4 saturated carbocycles. The summed E-state index contributed by atoms with van der Waals surface area (Å²) >= 11 is 0. The highest BCUT2D eigenvalue weighted by Gasteiger charge is 2.65. The Balaban J connectivity index is 0.000000206. The molecule has 5 aliphatic rings. The zero-order valence-electron chi connectivity index (χ0n) is 16.0. The number of primary amides is 1. The summed E-state index contributed by atoms with van der Waals surface area (Å²) in [6.45, 7) is 6.22. The van der Waals surface area contributed by atoms with Crippen molar-refractivity contribution < 1.29 is 19.8 Å². The average Bonchev–Trinajstić information content (AvgIpc) is 2.95. The number of likely N-dealkylation sites (tertiary alicyclic amines) is 1. The summed E-state index contributed by atoms with van der Waals surface area (Å²) in [6, 6.07) is -0.275. The smallest absolute Gasteiger partial charge is 0.317 e. The number of carbonyl (C=O) groups is 2. The Hall–Kier alpha value is -1.34. The molecule has 0 spiro atoms.